The number of aromatic nitrogens is 2. The number of nitrogens with one attached hydrogen (secondary N) is 1. The molecule has 6 nitrogen and oxygen atoms in total. The maximum absolute atomic E-state index is 11.7. The number of aliphatic hydroxyl groups is 1. The summed E-state index contributed by atoms with van der Waals surface area (Å²) in [5.74, 6) is 0.409. The second-order valence-corrected chi connectivity index (χ2v) is 3.25. The molecule has 16 heavy (non-hydrogen) atoms. The summed E-state index contributed by atoms with van der Waals surface area (Å²) in [6.07, 6.45) is 2.38. The minimum Gasteiger partial charge on any atom is -0.395 e. The molecule has 0 radical (unpaired) electrons. The Kier molecular flexibility index (Phi) is 5.21. The Hall–Kier alpha value is -1.69. The summed E-state index contributed by atoms with van der Waals surface area (Å²) in [5, 5.41) is 18.8. The standard InChI is InChI=1S/C10H16N4O2/c1-2-6-14(7-8-15)10(16)12-9-4-3-5-11-13-9/h3-5,15H,2,6-8H2,1H3,(H,12,13,16). The van der Waals surface area contributed by atoms with E-state index >= 15 is 0 Å². The van der Waals surface area contributed by atoms with Crippen molar-refractivity contribution >= 4 is 11.8 Å². The molecule has 0 fully saturated rings. The highest BCUT2D eigenvalue weighted by Gasteiger charge is 2.12. The number of amides is 2. The van der Waals surface area contributed by atoms with E-state index in [0.29, 0.717) is 18.9 Å². The molecular weight excluding hydrogens is 208 g/mol. The third-order valence-corrected chi connectivity index (χ3v) is 1.96. The molecule has 1 heterocycles. The van der Waals surface area contributed by atoms with E-state index < -0.39 is 0 Å². The van der Waals surface area contributed by atoms with E-state index in [1.54, 1.807) is 12.1 Å². The van der Waals surface area contributed by atoms with Gasteiger partial charge in [0, 0.05) is 19.3 Å². The van der Waals surface area contributed by atoms with Crippen LogP contribution in [-0.2, 0) is 0 Å². The first-order chi connectivity index (χ1) is 7.77. The fourth-order valence-corrected chi connectivity index (χ4v) is 1.26. The molecule has 1 rings (SSSR count). The lowest BCUT2D eigenvalue weighted by Crippen LogP contribution is -2.37. The van der Waals surface area contributed by atoms with Crippen LogP contribution in [0.2, 0.25) is 0 Å². The molecule has 1 aromatic heterocycles. The van der Waals surface area contributed by atoms with E-state index in [4.69, 9.17) is 5.11 Å². The molecule has 0 bridgehead atoms. The smallest absolute Gasteiger partial charge is 0.323 e. The van der Waals surface area contributed by atoms with Crippen molar-refractivity contribution in [1.29, 1.82) is 0 Å². The van der Waals surface area contributed by atoms with Gasteiger partial charge in [0.25, 0.3) is 0 Å². The second kappa shape index (κ2) is 6.73. The number of hydrogen-bond acceptors (Lipinski definition) is 4. The van der Waals surface area contributed by atoms with E-state index in [9.17, 15) is 4.79 Å². The number of anilines is 1. The molecule has 0 saturated heterocycles. The van der Waals surface area contributed by atoms with Gasteiger partial charge < -0.3 is 10.0 Å². The van der Waals surface area contributed by atoms with Gasteiger partial charge in [-0.05, 0) is 18.6 Å². The third-order valence-electron chi connectivity index (χ3n) is 1.96. The van der Waals surface area contributed by atoms with Crippen LogP contribution in [0.1, 0.15) is 13.3 Å². The lowest BCUT2D eigenvalue weighted by molar-refractivity contribution is 0.188. The number of carbonyl (C=O) groups is 1. The molecule has 0 aliphatic rings. The predicted octanol–water partition coefficient (Wildman–Crippen LogP) is 0.713. The van der Waals surface area contributed by atoms with Crippen LogP contribution in [0.15, 0.2) is 18.3 Å². The average molecular weight is 224 g/mol. The lowest BCUT2D eigenvalue weighted by atomic mass is 10.4. The van der Waals surface area contributed by atoms with Gasteiger partial charge in [-0.2, -0.15) is 5.10 Å². The number of urea groups is 1. The van der Waals surface area contributed by atoms with Crippen LogP contribution in [0, 0.1) is 0 Å². The molecular formula is C10H16N4O2. The first-order valence-electron chi connectivity index (χ1n) is 5.22. The van der Waals surface area contributed by atoms with E-state index in [-0.39, 0.29) is 12.6 Å². The number of nitrogens with zero attached hydrogens (tertiary/aromatic N) is 3. The molecule has 0 atom stereocenters. The highest BCUT2D eigenvalue weighted by atomic mass is 16.3. The topological polar surface area (TPSA) is 78.4 Å². The van der Waals surface area contributed by atoms with Crippen LogP contribution in [0.4, 0.5) is 10.6 Å². The molecule has 88 valence electrons. The zero-order chi connectivity index (χ0) is 11.8. The van der Waals surface area contributed by atoms with Gasteiger partial charge in [0.2, 0.25) is 0 Å². The van der Waals surface area contributed by atoms with Crippen LogP contribution in [0.3, 0.4) is 0 Å². The summed E-state index contributed by atoms with van der Waals surface area (Å²) in [4.78, 5) is 13.3. The van der Waals surface area contributed by atoms with Crippen LogP contribution < -0.4 is 5.32 Å². The third kappa shape index (κ3) is 3.82. The van der Waals surface area contributed by atoms with Gasteiger partial charge in [0.05, 0.1) is 6.61 Å². The molecule has 0 unspecified atom stereocenters. The summed E-state index contributed by atoms with van der Waals surface area (Å²) < 4.78 is 0. The molecule has 0 aliphatic heterocycles. The number of hydrogen-bond donors (Lipinski definition) is 2. The van der Waals surface area contributed by atoms with Gasteiger partial charge >= 0.3 is 6.03 Å². The van der Waals surface area contributed by atoms with Gasteiger partial charge in [-0.25, -0.2) is 4.79 Å². The lowest BCUT2D eigenvalue weighted by Gasteiger charge is -2.20. The first kappa shape index (κ1) is 12.4. The van der Waals surface area contributed by atoms with Crippen molar-refractivity contribution < 1.29 is 9.90 Å². The summed E-state index contributed by atoms with van der Waals surface area (Å²) in [7, 11) is 0. The fraction of sp³-hybridized carbons (Fsp3) is 0.500. The number of aliphatic hydroxyl groups excluding tert-OH is 1. The normalized spacial score (nSPS) is 9.88. The summed E-state index contributed by atoms with van der Waals surface area (Å²) >= 11 is 0. The minimum absolute atomic E-state index is 0.0477. The van der Waals surface area contributed by atoms with E-state index in [0.717, 1.165) is 6.42 Å². The maximum atomic E-state index is 11.7. The van der Waals surface area contributed by atoms with Crippen molar-refractivity contribution in [1.82, 2.24) is 15.1 Å². The molecule has 2 N–H and O–H groups in total. The van der Waals surface area contributed by atoms with Gasteiger partial charge in [-0.15, -0.1) is 5.10 Å². The zero-order valence-corrected chi connectivity index (χ0v) is 9.26. The van der Waals surface area contributed by atoms with Gasteiger partial charge in [-0.1, -0.05) is 6.92 Å². The maximum Gasteiger partial charge on any atom is 0.323 e. The van der Waals surface area contributed by atoms with Crippen molar-refractivity contribution in [3.8, 4) is 0 Å². The highest BCUT2D eigenvalue weighted by Crippen LogP contribution is 2.01. The van der Waals surface area contributed by atoms with Crippen molar-refractivity contribution in [3.05, 3.63) is 18.3 Å². The monoisotopic (exact) mass is 224 g/mol. The minimum atomic E-state index is -0.267. The Bertz CT molecular complexity index is 312. The largest absolute Gasteiger partial charge is 0.395 e. The summed E-state index contributed by atoms with van der Waals surface area (Å²) in [5.41, 5.74) is 0. The Morgan fingerprint density at radius 3 is 2.94 bits per heavy atom. The Balaban J connectivity index is 2.55. The fourth-order valence-electron chi connectivity index (χ4n) is 1.26. The molecule has 0 aliphatic carbocycles. The Labute approximate surface area is 94.3 Å². The SMILES string of the molecule is CCCN(CCO)C(=O)Nc1cccnn1. The molecule has 2 amide bonds. The van der Waals surface area contributed by atoms with Crippen molar-refractivity contribution in [2.24, 2.45) is 0 Å². The summed E-state index contributed by atoms with van der Waals surface area (Å²) in [6.45, 7) is 2.85. The van der Waals surface area contributed by atoms with Crippen molar-refractivity contribution in [2.45, 2.75) is 13.3 Å². The van der Waals surface area contributed by atoms with E-state index in [1.807, 2.05) is 6.92 Å². The van der Waals surface area contributed by atoms with Gasteiger partial charge in [0.15, 0.2) is 5.82 Å². The van der Waals surface area contributed by atoms with Crippen LogP contribution in [0.25, 0.3) is 0 Å². The van der Waals surface area contributed by atoms with Crippen LogP contribution in [0.5, 0.6) is 0 Å². The Morgan fingerprint density at radius 1 is 1.56 bits per heavy atom. The molecule has 6 heteroatoms. The molecule has 0 saturated carbocycles. The molecule has 1 aromatic rings. The highest BCUT2D eigenvalue weighted by molar-refractivity contribution is 5.88. The zero-order valence-electron chi connectivity index (χ0n) is 9.26. The van der Waals surface area contributed by atoms with Crippen molar-refractivity contribution in [2.75, 3.05) is 25.0 Å². The van der Waals surface area contributed by atoms with Crippen LogP contribution in [-0.4, -0.2) is 45.9 Å². The average Bonchev–Trinajstić information content (AvgIpc) is 2.30. The molecule has 0 spiro atoms. The second-order valence-electron chi connectivity index (χ2n) is 3.25. The van der Waals surface area contributed by atoms with E-state index in [1.165, 1.54) is 11.1 Å². The van der Waals surface area contributed by atoms with Crippen molar-refractivity contribution in [3.63, 3.8) is 0 Å². The van der Waals surface area contributed by atoms with Crippen LogP contribution >= 0.6 is 0 Å². The first-order valence-corrected chi connectivity index (χ1v) is 5.22. The quantitative estimate of drug-likeness (QED) is 0.772. The molecule has 0 aromatic carbocycles. The number of carbonyl (C=O) groups excluding carboxylic acids is 1. The predicted molar refractivity (Wildman–Crippen MR) is 60.0 cm³/mol. The summed E-state index contributed by atoms with van der Waals surface area (Å²) in [6, 6.07) is 3.09. The van der Waals surface area contributed by atoms with Gasteiger partial charge in [-0.3, -0.25) is 5.32 Å². The Morgan fingerprint density at radius 2 is 2.38 bits per heavy atom. The van der Waals surface area contributed by atoms with Gasteiger partial charge in [0.1, 0.15) is 0 Å². The van der Waals surface area contributed by atoms with E-state index in [2.05, 4.69) is 15.5 Å². The number of rotatable bonds is 5.